The van der Waals surface area contributed by atoms with E-state index in [9.17, 15) is 22.8 Å². The molecule has 2 amide bonds. The number of carbonyl (C=O) groups excluding carboxylic acids is 2. The van der Waals surface area contributed by atoms with Crippen LogP contribution in [0.5, 0.6) is 5.75 Å². The maximum Gasteiger partial charge on any atom is 0.573 e. The van der Waals surface area contributed by atoms with E-state index in [4.69, 9.17) is 0 Å². The molecule has 0 unspecified atom stereocenters. The number of nitrogens with one attached hydrogen (secondary N) is 1. The Bertz CT molecular complexity index is 599. The summed E-state index contributed by atoms with van der Waals surface area (Å²) in [4.78, 5) is 25.5. The number of carbonyl (C=O) groups is 2. The summed E-state index contributed by atoms with van der Waals surface area (Å²) in [5, 5.41) is 2.51. The highest BCUT2D eigenvalue weighted by Crippen LogP contribution is 2.29. The zero-order chi connectivity index (χ0) is 16.5. The fourth-order valence-electron chi connectivity index (χ4n) is 2.20. The first-order valence-corrected chi connectivity index (χ1v) is 6.64. The second kappa shape index (κ2) is 5.86. The van der Waals surface area contributed by atoms with Crippen molar-refractivity contribution >= 4 is 17.5 Å². The minimum Gasteiger partial charge on any atom is -0.406 e. The molecule has 22 heavy (non-hydrogen) atoms. The SMILES string of the molecule is CC(C)CN1CC(=O)Nc2ccc(OC(F)(F)F)cc2C1=O. The van der Waals surface area contributed by atoms with Crippen LogP contribution in [-0.4, -0.2) is 36.2 Å². The molecule has 5 nitrogen and oxygen atoms in total. The molecule has 0 radical (unpaired) electrons. The third kappa shape index (κ3) is 3.90. The van der Waals surface area contributed by atoms with E-state index in [-0.39, 0.29) is 23.7 Å². The molecule has 2 rings (SSSR count). The standard InChI is InChI=1S/C14H15F3N2O3/c1-8(2)6-19-7-12(20)18-11-4-3-9(22-14(15,16)17)5-10(11)13(19)21/h3-5,8H,6-7H2,1-2H3,(H,18,20). The number of ether oxygens (including phenoxy) is 1. The number of nitrogens with zero attached hydrogens (tertiary/aromatic N) is 1. The number of anilines is 1. The van der Waals surface area contributed by atoms with Gasteiger partial charge < -0.3 is 15.0 Å². The second-order valence-electron chi connectivity index (χ2n) is 5.38. The molecule has 0 fully saturated rings. The number of benzene rings is 1. The van der Waals surface area contributed by atoms with E-state index in [2.05, 4.69) is 10.1 Å². The lowest BCUT2D eigenvalue weighted by molar-refractivity contribution is -0.274. The van der Waals surface area contributed by atoms with Gasteiger partial charge in [-0.15, -0.1) is 13.2 Å². The molecule has 0 aromatic heterocycles. The maximum absolute atomic E-state index is 12.4. The molecular formula is C14H15F3N2O3. The van der Waals surface area contributed by atoms with Crippen LogP contribution >= 0.6 is 0 Å². The first kappa shape index (κ1) is 16.1. The molecule has 1 heterocycles. The van der Waals surface area contributed by atoms with Crippen LogP contribution in [0.3, 0.4) is 0 Å². The number of hydrogen-bond donors (Lipinski definition) is 1. The lowest BCUT2D eigenvalue weighted by Crippen LogP contribution is -2.37. The van der Waals surface area contributed by atoms with Crippen molar-refractivity contribution in [2.45, 2.75) is 20.2 Å². The molecule has 0 aliphatic carbocycles. The van der Waals surface area contributed by atoms with Crippen LogP contribution in [0.1, 0.15) is 24.2 Å². The number of rotatable bonds is 3. The van der Waals surface area contributed by atoms with Gasteiger partial charge in [0, 0.05) is 6.54 Å². The van der Waals surface area contributed by atoms with Crippen LogP contribution in [0.15, 0.2) is 18.2 Å². The molecule has 120 valence electrons. The van der Waals surface area contributed by atoms with Crippen molar-refractivity contribution in [1.29, 1.82) is 0 Å². The van der Waals surface area contributed by atoms with Gasteiger partial charge in [-0.3, -0.25) is 9.59 Å². The number of fused-ring (bicyclic) bond motifs is 1. The van der Waals surface area contributed by atoms with Crippen LogP contribution in [0.25, 0.3) is 0 Å². The van der Waals surface area contributed by atoms with Gasteiger partial charge >= 0.3 is 6.36 Å². The highest BCUT2D eigenvalue weighted by Gasteiger charge is 2.33. The van der Waals surface area contributed by atoms with Gasteiger partial charge in [0.2, 0.25) is 5.91 Å². The van der Waals surface area contributed by atoms with Crippen LogP contribution in [0.4, 0.5) is 18.9 Å². The number of halogens is 3. The van der Waals surface area contributed by atoms with E-state index >= 15 is 0 Å². The molecule has 0 saturated carbocycles. The number of alkyl halides is 3. The third-order valence-corrected chi connectivity index (χ3v) is 2.94. The lowest BCUT2D eigenvalue weighted by Gasteiger charge is -2.21. The predicted molar refractivity (Wildman–Crippen MR) is 72.5 cm³/mol. The number of amides is 2. The smallest absolute Gasteiger partial charge is 0.406 e. The monoisotopic (exact) mass is 316 g/mol. The van der Waals surface area contributed by atoms with Crippen molar-refractivity contribution in [2.75, 3.05) is 18.4 Å². The fraction of sp³-hybridized carbons (Fsp3) is 0.429. The Kier molecular flexibility index (Phi) is 4.30. The van der Waals surface area contributed by atoms with Crippen LogP contribution in [0, 0.1) is 5.92 Å². The second-order valence-corrected chi connectivity index (χ2v) is 5.38. The minimum absolute atomic E-state index is 0.0201. The molecule has 0 bridgehead atoms. The van der Waals surface area contributed by atoms with Crippen molar-refractivity contribution in [2.24, 2.45) is 5.92 Å². The summed E-state index contributed by atoms with van der Waals surface area (Å²) >= 11 is 0. The molecule has 1 aromatic carbocycles. The highest BCUT2D eigenvalue weighted by molar-refractivity contribution is 6.08. The van der Waals surface area contributed by atoms with Gasteiger partial charge in [0.1, 0.15) is 12.3 Å². The first-order chi connectivity index (χ1) is 10.2. The van der Waals surface area contributed by atoms with Gasteiger partial charge in [0.05, 0.1) is 11.3 Å². The molecule has 0 saturated heterocycles. The minimum atomic E-state index is -4.84. The van der Waals surface area contributed by atoms with E-state index in [1.807, 2.05) is 13.8 Å². The average molecular weight is 316 g/mol. The Morgan fingerprint density at radius 3 is 2.59 bits per heavy atom. The topological polar surface area (TPSA) is 58.6 Å². The highest BCUT2D eigenvalue weighted by atomic mass is 19.4. The van der Waals surface area contributed by atoms with Gasteiger partial charge in [0.25, 0.3) is 5.91 Å². The van der Waals surface area contributed by atoms with Crippen molar-refractivity contribution in [3.05, 3.63) is 23.8 Å². The largest absolute Gasteiger partial charge is 0.573 e. The molecule has 8 heteroatoms. The Hall–Kier alpha value is -2.25. The average Bonchev–Trinajstić information content (AvgIpc) is 2.46. The summed E-state index contributed by atoms with van der Waals surface area (Å²) in [6.45, 7) is 3.94. The Morgan fingerprint density at radius 1 is 1.32 bits per heavy atom. The van der Waals surface area contributed by atoms with E-state index in [0.717, 1.165) is 12.1 Å². The van der Waals surface area contributed by atoms with Crippen LogP contribution in [-0.2, 0) is 4.79 Å². The van der Waals surface area contributed by atoms with E-state index < -0.39 is 23.9 Å². The summed E-state index contributed by atoms with van der Waals surface area (Å²) in [6.07, 6.45) is -4.84. The molecule has 0 atom stereocenters. The lowest BCUT2D eigenvalue weighted by atomic mass is 10.1. The molecule has 1 aliphatic rings. The van der Waals surface area contributed by atoms with E-state index in [1.165, 1.54) is 11.0 Å². The zero-order valence-electron chi connectivity index (χ0n) is 12.0. The van der Waals surface area contributed by atoms with Crippen molar-refractivity contribution in [1.82, 2.24) is 4.90 Å². The van der Waals surface area contributed by atoms with Crippen molar-refractivity contribution < 1.29 is 27.5 Å². The third-order valence-electron chi connectivity index (χ3n) is 2.94. The molecule has 0 spiro atoms. The van der Waals surface area contributed by atoms with Gasteiger partial charge in [0.15, 0.2) is 0 Å². The van der Waals surface area contributed by atoms with E-state index in [0.29, 0.717) is 6.54 Å². The van der Waals surface area contributed by atoms with Gasteiger partial charge in [-0.1, -0.05) is 13.8 Å². The fourth-order valence-corrected chi connectivity index (χ4v) is 2.20. The Morgan fingerprint density at radius 2 is 2.00 bits per heavy atom. The Labute approximate surface area is 125 Å². The van der Waals surface area contributed by atoms with Crippen LogP contribution < -0.4 is 10.1 Å². The summed E-state index contributed by atoms with van der Waals surface area (Å²) in [6, 6.07) is 3.27. The molecular weight excluding hydrogens is 301 g/mol. The van der Waals surface area contributed by atoms with Crippen molar-refractivity contribution in [3.8, 4) is 5.75 Å². The first-order valence-electron chi connectivity index (χ1n) is 6.64. The zero-order valence-corrected chi connectivity index (χ0v) is 12.0. The maximum atomic E-state index is 12.4. The molecule has 1 aromatic rings. The Balaban J connectivity index is 2.37. The van der Waals surface area contributed by atoms with E-state index in [1.54, 1.807) is 0 Å². The number of hydrogen-bond acceptors (Lipinski definition) is 3. The predicted octanol–water partition coefficient (Wildman–Crippen LogP) is 2.64. The van der Waals surface area contributed by atoms with Crippen LogP contribution in [0.2, 0.25) is 0 Å². The summed E-state index contributed by atoms with van der Waals surface area (Å²) in [7, 11) is 0. The summed E-state index contributed by atoms with van der Waals surface area (Å²) in [5.41, 5.74) is 0.157. The summed E-state index contributed by atoms with van der Waals surface area (Å²) in [5.74, 6) is -1.28. The molecule has 1 N–H and O–H groups in total. The summed E-state index contributed by atoms with van der Waals surface area (Å²) < 4.78 is 40.6. The normalized spacial score (nSPS) is 15.5. The van der Waals surface area contributed by atoms with Gasteiger partial charge in [-0.2, -0.15) is 0 Å². The molecule has 1 aliphatic heterocycles. The quantitative estimate of drug-likeness (QED) is 0.932. The van der Waals surface area contributed by atoms with Gasteiger partial charge in [-0.05, 0) is 24.1 Å². The van der Waals surface area contributed by atoms with Crippen molar-refractivity contribution in [3.63, 3.8) is 0 Å². The van der Waals surface area contributed by atoms with Gasteiger partial charge in [-0.25, -0.2) is 0 Å².